The van der Waals surface area contributed by atoms with E-state index in [1.807, 2.05) is 61.7 Å². The van der Waals surface area contributed by atoms with E-state index in [0.29, 0.717) is 5.02 Å². The number of amides is 1. The number of nitrogens with one attached hydrogen (secondary N) is 2. The molecule has 180 valence electrons. The summed E-state index contributed by atoms with van der Waals surface area (Å²) >= 11 is 6.08. The minimum absolute atomic E-state index is 0.0279. The lowest BCUT2D eigenvalue weighted by Crippen LogP contribution is -2.47. The quantitative estimate of drug-likeness (QED) is 0.421. The van der Waals surface area contributed by atoms with Gasteiger partial charge < -0.3 is 20.4 Å². The number of nitrogens with zero attached hydrogens (tertiary/aromatic N) is 3. The third-order valence-electron chi connectivity index (χ3n) is 6.46. The highest BCUT2D eigenvalue weighted by molar-refractivity contribution is 6.31. The first-order valence-corrected chi connectivity index (χ1v) is 12.5. The van der Waals surface area contributed by atoms with Crippen LogP contribution in [0.5, 0.6) is 0 Å². The Labute approximate surface area is 207 Å². The fourth-order valence-corrected chi connectivity index (χ4v) is 4.63. The molecule has 34 heavy (non-hydrogen) atoms. The van der Waals surface area contributed by atoms with E-state index >= 15 is 0 Å². The van der Waals surface area contributed by atoms with E-state index in [0.717, 1.165) is 92.9 Å². The lowest BCUT2D eigenvalue weighted by atomic mass is 10.1. The summed E-state index contributed by atoms with van der Waals surface area (Å²) in [6.07, 6.45) is 3.91. The predicted molar refractivity (Wildman–Crippen MR) is 141 cm³/mol. The molecule has 7 heteroatoms. The summed E-state index contributed by atoms with van der Waals surface area (Å²) in [5, 5.41) is 8.43. The van der Waals surface area contributed by atoms with Gasteiger partial charge >= 0.3 is 0 Å². The van der Waals surface area contributed by atoms with Gasteiger partial charge in [0.1, 0.15) is 0 Å². The third kappa shape index (κ3) is 6.69. The zero-order valence-electron chi connectivity index (χ0n) is 19.9. The smallest absolute Gasteiger partial charge is 0.251 e. The molecule has 1 aliphatic rings. The fraction of sp³-hybridized carbons (Fsp3) is 0.407. The number of carbonyl (C=O) groups excluding carboxylic acids is 1. The standard InChI is InChI=1S/C27H34ClN5O/c1-21-6-2-3-7-23(21)27(34)31-12-5-15-33-18-16-32(17-19-33)14-4-11-29-25-10-13-30-26-20-22(28)8-9-24(25)26/h2-3,6-10,13,20H,4-5,11-12,14-19H2,1H3,(H,29,30)(H,31,34). The molecule has 2 heterocycles. The van der Waals surface area contributed by atoms with Crippen LogP contribution in [-0.2, 0) is 0 Å². The normalized spacial score (nSPS) is 14.9. The molecular weight excluding hydrogens is 446 g/mol. The highest BCUT2D eigenvalue weighted by atomic mass is 35.5. The number of rotatable bonds is 10. The van der Waals surface area contributed by atoms with E-state index in [9.17, 15) is 4.79 Å². The second kappa shape index (κ2) is 12.2. The van der Waals surface area contributed by atoms with Crippen molar-refractivity contribution in [2.75, 3.05) is 57.7 Å². The number of carbonyl (C=O) groups is 1. The molecule has 0 unspecified atom stereocenters. The van der Waals surface area contributed by atoms with Crippen LogP contribution < -0.4 is 10.6 Å². The van der Waals surface area contributed by atoms with Crippen molar-refractivity contribution in [3.05, 3.63) is 70.9 Å². The van der Waals surface area contributed by atoms with E-state index in [1.165, 1.54) is 0 Å². The van der Waals surface area contributed by atoms with Crippen molar-refractivity contribution in [3.8, 4) is 0 Å². The highest BCUT2D eigenvalue weighted by Crippen LogP contribution is 2.24. The zero-order chi connectivity index (χ0) is 23.8. The summed E-state index contributed by atoms with van der Waals surface area (Å²) in [6.45, 7) is 10.1. The summed E-state index contributed by atoms with van der Waals surface area (Å²) in [6, 6.07) is 15.6. The number of pyridine rings is 1. The Balaban J connectivity index is 1.09. The molecule has 2 N–H and O–H groups in total. The largest absolute Gasteiger partial charge is 0.384 e. The highest BCUT2D eigenvalue weighted by Gasteiger charge is 2.16. The molecule has 1 aliphatic heterocycles. The molecule has 0 radical (unpaired) electrons. The fourth-order valence-electron chi connectivity index (χ4n) is 4.47. The van der Waals surface area contributed by atoms with Crippen LogP contribution in [0.1, 0.15) is 28.8 Å². The molecule has 0 atom stereocenters. The van der Waals surface area contributed by atoms with Crippen LogP contribution in [0, 0.1) is 6.92 Å². The van der Waals surface area contributed by atoms with Gasteiger partial charge in [-0.1, -0.05) is 29.8 Å². The lowest BCUT2D eigenvalue weighted by molar-refractivity contribution is 0.0947. The summed E-state index contributed by atoms with van der Waals surface area (Å²) in [4.78, 5) is 21.8. The maximum Gasteiger partial charge on any atom is 0.251 e. The van der Waals surface area contributed by atoms with Crippen LogP contribution in [0.3, 0.4) is 0 Å². The van der Waals surface area contributed by atoms with Gasteiger partial charge in [-0.15, -0.1) is 0 Å². The van der Waals surface area contributed by atoms with Gasteiger partial charge in [0.05, 0.1) is 5.52 Å². The molecule has 1 saturated heterocycles. The number of benzene rings is 2. The number of aryl methyl sites for hydroxylation is 1. The van der Waals surface area contributed by atoms with Crippen molar-refractivity contribution in [1.82, 2.24) is 20.1 Å². The van der Waals surface area contributed by atoms with Gasteiger partial charge in [-0.3, -0.25) is 9.78 Å². The molecule has 0 bridgehead atoms. The molecule has 1 aromatic heterocycles. The van der Waals surface area contributed by atoms with E-state index < -0.39 is 0 Å². The number of aromatic nitrogens is 1. The van der Waals surface area contributed by atoms with Gasteiger partial charge in [0, 0.05) is 67.1 Å². The van der Waals surface area contributed by atoms with Crippen LogP contribution in [0.2, 0.25) is 5.02 Å². The van der Waals surface area contributed by atoms with E-state index in [4.69, 9.17) is 11.6 Å². The van der Waals surface area contributed by atoms with Crippen molar-refractivity contribution in [3.63, 3.8) is 0 Å². The van der Waals surface area contributed by atoms with Gasteiger partial charge in [0.2, 0.25) is 0 Å². The van der Waals surface area contributed by atoms with Crippen LogP contribution in [0.25, 0.3) is 10.9 Å². The molecule has 2 aromatic carbocycles. The summed E-state index contributed by atoms with van der Waals surface area (Å²) in [7, 11) is 0. The SMILES string of the molecule is Cc1ccccc1C(=O)NCCCN1CCN(CCCNc2ccnc3cc(Cl)ccc23)CC1. The van der Waals surface area contributed by atoms with Gasteiger partial charge in [-0.2, -0.15) is 0 Å². The van der Waals surface area contributed by atoms with Crippen LogP contribution in [-0.4, -0.2) is 73.0 Å². The van der Waals surface area contributed by atoms with Crippen molar-refractivity contribution in [2.24, 2.45) is 0 Å². The summed E-state index contributed by atoms with van der Waals surface area (Å²) in [5.41, 5.74) is 3.82. The molecule has 0 spiro atoms. The van der Waals surface area contributed by atoms with E-state index in [1.54, 1.807) is 0 Å². The molecule has 0 saturated carbocycles. The Hall–Kier alpha value is -2.67. The average molecular weight is 480 g/mol. The summed E-state index contributed by atoms with van der Waals surface area (Å²) in [5.74, 6) is 0.0279. The molecule has 1 amide bonds. The number of anilines is 1. The lowest BCUT2D eigenvalue weighted by Gasteiger charge is -2.34. The maximum atomic E-state index is 12.3. The Morgan fingerprint density at radius 3 is 2.41 bits per heavy atom. The topological polar surface area (TPSA) is 60.5 Å². The van der Waals surface area contributed by atoms with Crippen molar-refractivity contribution >= 4 is 34.1 Å². The number of halogens is 1. The molecular formula is C27H34ClN5O. The molecule has 6 nitrogen and oxygen atoms in total. The number of piperazine rings is 1. The second-order valence-corrected chi connectivity index (χ2v) is 9.34. The zero-order valence-corrected chi connectivity index (χ0v) is 20.7. The molecule has 1 fully saturated rings. The molecule has 4 rings (SSSR count). The van der Waals surface area contributed by atoms with E-state index in [-0.39, 0.29) is 5.91 Å². The maximum absolute atomic E-state index is 12.3. The predicted octanol–water partition coefficient (Wildman–Crippen LogP) is 4.44. The molecule has 0 aliphatic carbocycles. The third-order valence-corrected chi connectivity index (χ3v) is 6.70. The Kier molecular flexibility index (Phi) is 8.74. The van der Waals surface area contributed by atoms with Gasteiger partial charge in [-0.05, 0) is 68.8 Å². The summed E-state index contributed by atoms with van der Waals surface area (Å²) < 4.78 is 0. The average Bonchev–Trinajstić information content (AvgIpc) is 2.85. The van der Waals surface area contributed by atoms with Crippen molar-refractivity contribution in [1.29, 1.82) is 0 Å². The second-order valence-electron chi connectivity index (χ2n) is 8.91. The molecule has 3 aromatic rings. The number of fused-ring (bicyclic) bond motifs is 1. The van der Waals surface area contributed by atoms with Gasteiger partial charge in [0.15, 0.2) is 0 Å². The minimum atomic E-state index is 0.0279. The monoisotopic (exact) mass is 479 g/mol. The van der Waals surface area contributed by atoms with Crippen LogP contribution >= 0.6 is 11.6 Å². The Morgan fingerprint density at radius 1 is 0.971 bits per heavy atom. The van der Waals surface area contributed by atoms with Crippen molar-refractivity contribution in [2.45, 2.75) is 19.8 Å². The van der Waals surface area contributed by atoms with Crippen molar-refractivity contribution < 1.29 is 4.79 Å². The Bertz CT molecular complexity index is 1100. The van der Waals surface area contributed by atoms with Gasteiger partial charge in [-0.25, -0.2) is 0 Å². The minimum Gasteiger partial charge on any atom is -0.384 e. The van der Waals surface area contributed by atoms with Crippen LogP contribution in [0.4, 0.5) is 5.69 Å². The van der Waals surface area contributed by atoms with Gasteiger partial charge in [0.25, 0.3) is 5.91 Å². The van der Waals surface area contributed by atoms with Crippen LogP contribution in [0.15, 0.2) is 54.7 Å². The van der Waals surface area contributed by atoms with E-state index in [2.05, 4.69) is 25.4 Å². The first kappa shape index (κ1) is 24.5. The first-order valence-electron chi connectivity index (χ1n) is 12.2. The number of hydrogen-bond acceptors (Lipinski definition) is 5. The number of hydrogen-bond donors (Lipinski definition) is 2. The first-order chi connectivity index (χ1) is 16.6. The Morgan fingerprint density at radius 2 is 1.68 bits per heavy atom.